The predicted molar refractivity (Wildman–Crippen MR) is 238 cm³/mol. The molecule has 0 saturated heterocycles. The minimum Gasteiger partial charge on any atom is -0.310 e. The number of anilines is 3. The van der Waals surface area contributed by atoms with Crippen LogP contribution in [-0.2, 0) is 5.41 Å². The molecule has 10 rings (SSSR count). The third-order valence-corrected chi connectivity index (χ3v) is 11.7. The Morgan fingerprint density at radius 2 is 0.857 bits per heavy atom. The Balaban J connectivity index is 1.15. The third-order valence-electron chi connectivity index (χ3n) is 11.7. The predicted octanol–water partition coefficient (Wildman–Crippen LogP) is 15.3. The average Bonchev–Trinajstić information content (AvgIpc) is 3.49. The summed E-state index contributed by atoms with van der Waals surface area (Å²) in [6.07, 6.45) is 0. The van der Waals surface area contributed by atoms with E-state index in [4.69, 9.17) is 0 Å². The van der Waals surface area contributed by atoms with Crippen LogP contribution in [0.4, 0.5) is 17.1 Å². The molecule has 0 unspecified atom stereocenters. The number of hydrogen-bond donors (Lipinski definition) is 0. The molecule has 9 aromatic rings. The summed E-state index contributed by atoms with van der Waals surface area (Å²) >= 11 is 0. The van der Waals surface area contributed by atoms with Crippen molar-refractivity contribution < 1.29 is 0 Å². The van der Waals surface area contributed by atoms with E-state index in [-0.39, 0.29) is 5.41 Å². The molecule has 266 valence electrons. The zero-order valence-corrected chi connectivity index (χ0v) is 31.7. The number of para-hydroxylation sites is 1. The monoisotopic (exact) mass is 715 g/mol. The maximum absolute atomic E-state index is 2.42. The molecule has 0 heterocycles. The molecule has 0 amide bonds. The second kappa shape index (κ2) is 13.7. The highest BCUT2D eigenvalue weighted by Gasteiger charge is 2.38. The summed E-state index contributed by atoms with van der Waals surface area (Å²) in [5, 5.41) is 2.56. The molecule has 0 fully saturated rings. The van der Waals surface area contributed by atoms with Crippen molar-refractivity contribution >= 4 is 27.8 Å². The highest BCUT2D eigenvalue weighted by molar-refractivity contribution is 6.06. The van der Waals surface area contributed by atoms with Gasteiger partial charge >= 0.3 is 0 Å². The zero-order valence-electron chi connectivity index (χ0n) is 31.7. The van der Waals surface area contributed by atoms with Crippen LogP contribution in [0.2, 0.25) is 0 Å². The highest BCUT2D eigenvalue weighted by atomic mass is 15.1. The second-order valence-electron chi connectivity index (χ2n) is 15.3. The van der Waals surface area contributed by atoms with E-state index in [2.05, 4.69) is 231 Å². The summed E-state index contributed by atoms with van der Waals surface area (Å²) in [4.78, 5) is 2.42. The first-order chi connectivity index (χ1) is 27.6. The molecular weight excluding hydrogens is 675 g/mol. The number of nitrogens with zero attached hydrogens (tertiary/aromatic N) is 1. The minimum atomic E-state index is -0.137. The van der Waals surface area contributed by atoms with Gasteiger partial charge in [-0.05, 0) is 108 Å². The zero-order chi connectivity index (χ0) is 37.6. The van der Waals surface area contributed by atoms with E-state index in [0.29, 0.717) is 0 Å². The summed E-state index contributed by atoms with van der Waals surface area (Å²) in [5.41, 5.74) is 18.4. The molecule has 1 aliphatic carbocycles. The van der Waals surface area contributed by atoms with E-state index in [9.17, 15) is 0 Å². The van der Waals surface area contributed by atoms with Crippen LogP contribution < -0.4 is 4.90 Å². The Morgan fingerprint density at radius 1 is 0.357 bits per heavy atom. The number of fused-ring (bicyclic) bond motifs is 4. The highest BCUT2D eigenvalue weighted by Crippen LogP contribution is 2.54. The van der Waals surface area contributed by atoms with Crippen LogP contribution in [-0.4, -0.2) is 0 Å². The van der Waals surface area contributed by atoms with E-state index >= 15 is 0 Å². The molecule has 0 spiro atoms. The van der Waals surface area contributed by atoms with Gasteiger partial charge in [0, 0.05) is 22.4 Å². The van der Waals surface area contributed by atoms with Crippen molar-refractivity contribution in [1.82, 2.24) is 0 Å². The van der Waals surface area contributed by atoms with Gasteiger partial charge in [0.2, 0.25) is 0 Å². The van der Waals surface area contributed by atoms with Crippen molar-refractivity contribution in [2.45, 2.75) is 19.3 Å². The van der Waals surface area contributed by atoms with Gasteiger partial charge in [0.15, 0.2) is 0 Å². The lowest BCUT2D eigenvalue weighted by Crippen LogP contribution is -2.16. The first kappa shape index (κ1) is 33.6. The fraction of sp³-hybridized carbons (Fsp3) is 0.0545. The van der Waals surface area contributed by atoms with Crippen LogP contribution in [0.1, 0.15) is 25.0 Å². The van der Waals surface area contributed by atoms with Gasteiger partial charge in [-0.2, -0.15) is 0 Å². The molecule has 0 aliphatic heterocycles. The van der Waals surface area contributed by atoms with E-state index in [1.165, 1.54) is 77.5 Å². The number of hydrogen-bond acceptors (Lipinski definition) is 1. The SMILES string of the molecule is CC1(C)c2ccccc2-c2cc3ccccc3c(-c3ccc(N(c4ccc(-c5ccccc5)cc4)c4ccccc4-c4ccccc4-c4ccccc4)cc3)c21. The van der Waals surface area contributed by atoms with Gasteiger partial charge in [0.05, 0.1) is 5.69 Å². The molecule has 1 nitrogen and oxygen atoms in total. The summed E-state index contributed by atoms with van der Waals surface area (Å²) in [7, 11) is 0. The number of rotatable bonds is 7. The van der Waals surface area contributed by atoms with Gasteiger partial charge in [0.1, 0.15) is 0 Å². The molecule has 1 aliphatic rings. The summed E-state index contributed by atoms with van der Waals surface area (Å²) < 4.78 is 0. The Morgan fingerprint density at radius 3 is 1.55 bits per heavy atom. The average molecular weight is 716 g/mol. The van der Waals surface area contributed by atoms with Crippen molar-refractivity contribution in [3.63, 3.8) is 0 Å². The molecule has 0 aromatic heterocycles. The van der Waals surface area contributed by atoms with Crippen molar-refractivity contribution in [1.29, 1.82) is 0 Å². The standard InChI is InChI=1S/C55H41N/c1-55(2)51-27-15-13-25-48(51)50-37-42-21-9-10-23-46(42)53(54(50)55)41-31-35-44(36-32-41)56(43-33-29-39(30-34-43)38-17-5-3-6-18-38)52-28-16-14-26-49(52)47-24-12-11-22-45(47)40-19-7-4-8-20-40/h3-37H,1-2H3. The summed E-state index contributed by atoms with van der Waals surface area (Å²) in [6.45, 7) is 4.77. The van der Waals surface area contributed by atoms with E-state index < -0.39 is 0 Å². The molecule has 0 N–H and O–H groups in total. The van der Waals surface area contributed by atoms with Crippen molar-refractivity contribution in [3.8, 4) is 55.6 Å². The van der Waals surface area contributed by atoms with Crippen LogP contribution >= 0.6 is 0 Å². The van der Waals surface area contributed by atoms with Gasteiger partial charge in [0.25, 0.3) is 0 Å². The quantitative estimate of drug-likeness (QED) is 0.159. The second-order valence-corrected chi connectivity index (χ2v) is 15.3. The molecule has 1 heteroatoms. The fourth-order valence-corrected chi connectivity index (χ4v) is 9.03. The topological polar surface area (TPSA) is 3.24 Å². The molecular formula is C55H41N. The maximum Gasteiger partial charge on any atom is 0.0540 e. The van der Waals surface area contributed by atoms with Gasteiger partial charge in [-0.15, -0.1) is 0 Å². The lowest BCUT2D eigenvalue weighted by Gasteiger charge is -2.29. The molecule has 56 heavy (non-hydrogen) atoms. The van der Waals surface area contributed by atoms with Gasteiger partial charge < -0.3 is 4.90 Å². The molecule has 0 bridgehead atoms. The first-order valence-corrected chi connectivity index (χ1v) is 19.5. The van der Waals surface area contributed by atoms with Gasteiger partial charge in [-0.1, -0.05) is 190 Å². The van der Waals surface area contributed by atoms with Crippen LogP contribution in [0.15, 0.2) is 212 Å². The van der Waals surface area contributed by atoms with Crippen molar-refractivity contribution in [2.75, 3.05) is 4.90 Å². The third kappa shape index (κ3) is 5.63. The normalized spacial score (nSPS) is 12.6. The van der Waals surface area contributed by atoms with Gasteiger partial charge in [-0.3, -0.25) is 0 Å². The summed E-state index contributed by atoms with van der Waals surface area (Å²) in [6, 6.07) is 77.4. The van der Waals surface area contributed by atoms with E-state index in [1.807, 2.05) is 0 Å². The minimum absolute atomic E-state index is 0.137. The van der Waals surface area contributed by atoms with Crippen molar-refractivity contribution in [2.24, 2.45) is 0 Å². The lowest BCUT2D eigenvalue weighted by atomic mass is 9.77. The Bertz CT molecular complexity index is 2850. The van der Waals surface area contributed by atoms with E-state index in [1.54, 1.807) is 0 Å². The molecule has 0 atom stereocenters. The van der Waals surface area contributed by atoms with E-state index in [0.717, 1.165) is 17.1 Å². The Hall–Kier alpha value is -6.96. The molecule has 0 saturated carbocycles. The van der Waals surface area contributed by atoms with Gasteiger partial charge in [-0.25, -0.2) is 0 Å². The molecule has 0 radical (unpaired) electrons. The van der Waals surface area contributed by atoms with Crippen LogP contribution in [0.25, 0.3) is 66.4 Å². The Kier molecular flexibility index (Phi) is 8.23. The first-order valence-electron chi connectivity index (χ1n) is 19.5. The molecule has 9 aromatic carbocycles. The lowest BCUT2D eigenvalue weighted by molar-refractivity contribution is 0.663. The van der Waals surface area contributed by atoms with Crippen LogP contribution in [0.3, 0.4) is 0 Å². The Labute approximate surface area is 329 Å². The van der Waals surface area contributed by atoms with Crippen LogP contribution in [0.5, 0.6) is 0 Å². The van der Waals surface area contributed by atoms with Crippen molar-refractivity contribution in [3.05, 3.63) is 223 Å². The van der Waals surface area contributed by atoms with Crippen LogP contribution in [0, 0.1) is 0 Å². The smallest absolute Gasteiger partial charge is 0.0540 e. The summed E-state index contributed by atoms with van der Waals surface area (Å²) in [5.74, 6) is 0. The fourth-order valence-electron chi connectivity index (χ4n) is 9.03. The number of benzene rings is 9. The maximum atomic E-state index is 2.42. The largest absolute Gasteiger partial charge is 0.310 e.